The summed E-state index contributed by atoms with van der Waals surface area (Å²) in [6.07, 6.45) is 1.68. The topological polar surface area (TPSA) is 63.3 Å². The number of carbonyl (C=O) groups is 1. The fourth-order valence-corrected chi connectivity index (χ4v) is 1.46. The van der Waals surface area contributed by atoms with Crippen LogP contribution in [-0.2, 0) is 6.42 Å². The lowest BCUT2D eigenvalue weighted by atomic mass is 10.1. The van der Waals surface area contributed by atoms with E-state index in [0.717, 1.165) is 17.4 Å². The van der Waals surface area contributed by atoms with Gasteiger partial charge in [-0.1, -0.05) is 24.3 Å². The van der Waals surface area contributed by atoms with Crippen LogP contribution in [-0.4, -0.2) is 16.1 Å². The fourth-order valence-electron chi connectivity index (χ4n) is 1.46. The first-order chi connectivity index (χ1) is 7.66. The lowest BCUT2D eigenvalue weighted by Gasteiger charge is -2.01. The van der Waals surface area contributed by atoms with Crippen LogP contribution < -0.4 is 0 Å². The fraction of sp³-hybridized carbons (Fsp3) is 0.167. The lowest BCUT2D eigenvalue weighted by Crippen LogP contribution is -1.97. The van der Waals surface area contributed by atoms with E-state index in [1.807, 2.05) is 31.2 Å². The second kappa shape index (κ2) is 4.18. The minimum absolute atomic E-state index is 0.0522. The summed E-state index contributed by atoms with van der Waals surface area (Å²) in [7, 11) is 0. The molecule has 0 fully saturated rings. The molecule has 0 radical (unpaired) electrons. The SMILES string of the molecule is Cc1ccccc1Cc1nc(C(=O)O)co1. The van der Waals surface area contributed by atoms with Crippen LogP contribution in [0.1, 0.15) is 27.5 Å². The third-order valence-corrected chi connectivity index (χ3v) is 2.37. The van der Waals surface area contributed by atoms with Crippen molar-refractivity contribution in [1.29, 1.82) is 0 Å². The predicted octanol–water partition coefficient (Wildman–Crippen LogP) is 2.27. The third kappa shape index (κ3) is 2.11. The molecule has 0 unspecified atom stereocenters. The van der Waals surface area contributed by atoms with Gasteiger partial charge in [0.1, 0.15) is 6.26 Å². The van der Waals surface area contributed by atoms with Crippen LogP contribution in [0.3, 0.4) is 0 Å². The van der Waals surface area contributed by atoms with Crippen LogP contribution in [0.4, 0.5) is 0 Å². The molecule has 1 N–H and O–H groups in total. The summed E-state index contributed by atoms with van der Waals surface area (Å²) in [6, 6.07) is 7.86. The zero-order valence-corrected chi connectivity index (χ0v) is 8.80. The number of oxazole rings is 1. The molecule has 2 aromatic rings. The average molecular weight is 217 g/mol. The molecule has 1 heterocycles. The van der Waals surface area contributed by atoms with Crippen LogP contribution >= 0.6 is 0 Å². The van der Waals surface area contributed by atoms with E-state index in [-0.39, 0.29) is 5.69 Å². The summed E-state index contributed by atoms with van der Waals surface area (Å²) in [5.74, 6) is -0.647. The number of aromatic carboxylic acids is 1. The average Bonchev–Trinajstić information content (AvgIpc) is 2.70. The molecule has 4 heteroatoms. The first kappa shape index (κ1) is 10.4. The Morgan fingerprint density at radius 1 is 1.44 bits per heavy atom. The van der Waals surface area contributed by atoms with E-state index in [0.29, 0.717) is 12.3 Å². The molecule has 0 atom stereocenters. The Balaban J connectivity index is 2.21. The third-order valence-electron chi connectivity index (χ3n) is 2.37. The number of rotatable bonds is 3. The Morgan fingerprint density at radius 2 is 2.19 bits per heavy atom. The highest BCUT2D eigenvalue weighted by molar-refractivity contribution is 5.84. The molecule has 0 saturated carbocycles. The van der Waals surface area contributed by atoms with Crippen LogP contribution in [0.25, 0.3) is 0 Å². The zero-order chi connectivity index (χ0) is 11.5. The molecule has 0 saturated heterocycles. The Kier molecular flexibility index (Phi) is 2.72. The number of benzene rings is 1. The molecule has 4 nitrogen and oxygen atoms in total. The smallest absolute Gasteiger partial charge is 0.357 e. The van der Waals surface area contributed by atoms with E-state index in [1.54, 1.807) is 0 Å². The molecule has 16 heavy (non-hydrogen) atoms. The normalized spacial score (nSPS) is 10.3. The monoisotopic (exact) mass is 217 g/mol. The van der Waals surface area contributed by atoms with Crippen molar-refractivity contribution < 1.29 is 14.3 Å². The van der Waals surface area contributed by atoms with Gasteiger partial charge in [-0.2, -0.15) is 0 Å². The minimum Gasteiger partial charge on any atom is -0.476 e. The Bertz CT molecular complexity index is 516. The number of aromatic nitrogens is 1. The number of hydrogen-bond acceptors (Lipinski definition) is 3. The number of carboxylic acids is 1. The molecule has 0 amide bonds. The summed E-state index contributed by atoms with van der Waals surface area (Å²) in [4.78, 5) is 14.5. The van der Waals surface area contributed by atoms with E-state index in [4.69, 9.17) is 9.52 Å². The highest BCUT2D eigenvalue weighted by Gasteiger charge is 2.11. The van der Waals surface area contributed by atoms with Crippen molar-refractivity contribution in [2.75, 3.05) is 0 Å². The Hall–Kier alpha value is -2.10. The zero-order valence-electron chi connectivity index (χ0n) is 8.80. The molecule has 0 aliphatic carbocycles. The molecule has 0 bridgehead atoms. The van der Waals surface area contributed by atoms with Gasteiger partial charge in [-0.3, -0.25) is 0 Å². The van der Waals surface area contributed by atoms with Crippen LogP contribution in [0.5, 0.6) is 0 Å². The van der Waals surface area contributed by atoms with Crippen LogP contribution in [0.2, 0.25) is 0 Å². The van der Waals surface area contributed by atoms with Crippen LogP contribution in [0.15, 0.2) is 34.9 Å². The van der Waals surface area contributed by atoms with Gasteiger partial charge in [0.25, 0.3) is 0 Å². The molecule has 1 aromatic carbocycles. The summed E-state index contributed by atoms with van der Waals surface area (Å²) in [5, 5.41) is 8.70. The first-order valence-electron chi connectivity index (χ1n) is 4.89. The van der Waals surface area contributed by atoms with Crippen molar-refractivity contribution in [3.05, 3.63) is 53.2 Å². The minimum atomic E-state index is -1.07. The van der Waals surface area contributed by atoms with Gasteiger partial charge >= 0.3 is 5.97 Å². The number of nitrogens with zero attached hydrogens (tertiary/aromatic N) is 1. The van der Waals surface area contributed by atoms with Gasteiger partial charge in [0.15, 0.2) is 11.6 Å². The second-order valence-corrected chi connectivity index (χ2v) is 3.53. The van der Waals surface area contributed by atoms with Crippen molar-refractivity contribution >= 4 is 5.97 Å². The maximum Gasteiger partial charge on any atom is 0.357 e. The molecule has 0 aliphatic rings. The van der Waals surface area contributed by atoms with Crippen molar-refractivity contribution in [3.8, 4) is 0 Å². The van der Waals surface area contributed by atoms with E-state index in [9.17, 15) is 4.79 Å². The highest BCUT2D eigenvalue weighted by Crippen LogP contribution is 2.13. The first-order valence-corrected chi connectivity index (χ1v) is 4.89. The van der Waals surface area contributed by atoms with E-state index in [1.165, 1.54) is 0 Å². The Morgan fingerprint density at radius 3 is 2.81 bits per heavy atom. The summed E-state index contributed by atoms with van der Waals surface area (Å²) in [5.41, 5.74) is 2.17. The van der Waals surface area contributed by atoms with Gasteiger partial charge in [0.2, 0.25) is 0 Å². The summed E-state index contributed by atoms with van der Waals surface area (Å²) in [6.45, 7) is 2.00. The van der Waals surface area contributed by atoms with Gasteiger partial charge in [0, 0.05) is 6.42 Å². The standard InChI is InChI=1S/C12H11NO3/c1-8-4-2-3-5-9(8)6-11-13-10(7-16-11)12(14)15/h2-5,7H,6H2,1H3,(H,14,15). The van der Waals surface area contributed by atoms with E-state index in [2.05, 4.69) is 4.98 Å². The van der Waals surface area contributed by atoms with Crippen molar-refractivity contribution in [3.63, 3.8) is 0 Å². The molecule has 1 aromatic heterocycles. The van der Waals surface area contributed by atoms with Gasteiger partial charge in [-0.25, -0.2) is 9.78 Å². The lowest BCUT2D eigenvalue weighted by molar-refractivity contribution is 0.0690. The molecular formula is C12H11NO3. The number of aryl methyl sites for hydroxylation is 1. The van der Waals surface area contributed by atoms with Crippen LogP contribution in [0, 0.1) is 6.92 Å². The van der Waals surface area contributed by atoms with Gasteiger partial charge in [-0.05, 0) is 18.1 Å². The molecule has 0 spiro atoms. The van der Waals surface area contributed by atoms with E-state index >= 15 is 0 Å². The van der Waals surface area contributed by atoms with Crippen molar-refractivity contribution in [1.82, 2.24) is 4.98 Å². The highest BCUT2D eigenvalue weighted by atomic mass is 16.4. The second-order valence-electron chi connectivity index (χ2n) is 3.53. The van der Waals surface area contributed by atoms with Gasteiger partial charge in [0.05, 0.1) is 0 Å². The van der Waals surface area contributed by atoms with Gasteiger partial charge < -0.3 is 9.52 Å². The maximum absolute atomic E-state index is 10.6. The number of hydrogen-bond donors (Lipinski definition) is 1. The molecular weight excluding hydrogens is 206 g/mol. The molecule has 2 rings (SSSR count). The summed E-state index contributed by atoms with van der Waals surface area (Å²) < 4.78 is 5.09. The number of carboxylic acid groups (broad SMARTS) is 1. The maximum atomic E-state index is 10.6. The quantitative estimate of drug-likeness (QED) is 0.856. The van der Waals surface area contributed by atoms with Crippen molar-refractivity contribution in [2.24, 2.45) is 0 Å². The van der Waals surface area contributed by atoms with Gasteiger partial charge in [-0.15, -0.1) is 0 Å². The summed E-state index contributed by atoms with van der Waals surface area (Å²) >= 11 is 0. The Labute approximate surface area is 92.6 Å². The van der Waals surface area contributed by atoms with Crippen molar-refractivity contribution in [2.45, 2.75) is 13.3 Å². The molecule has 0 aliphatic heterocycles. The largest absolute Gasteiger partial charge is 0.476 e. The van der Waals surface area contributed by atoms with E-state index < -0.39 is 5.97 Å². The predicted molar refractivity (Wildman–Crippen MR) is 57.4 cm³/mol. The molecule has 82 valence electrons.